The predicted octanol–water partition coefficient (Wildman–Crippen LogP) is 2.59. The summed E-state index contributed by atoms with van der Waals surface area (Å²) < 4.78 is 11.1. The first kappa shape index (κ1) is 13.2. The van der Waals surface area contributed by atoms with Crippen molar-refractivity contribution in [3.05, 3.63) is 30.6 Å². The maximum atomic E-state index is 5.60. The molecule has 1 fully saturated rings. The zero-order valence-electron chi connectivity index (χ0n) is 12.3. The minimum atomic E-state index is 0.586. The fourth-order valence-corrected chi connectivity index (χ4v) is 2.80. The molecular weight excluding hydrogens is 280 g/mol. The second-order valence-electron chi connectivity index (χ2n) is 5.44. The molecule has 114 valence electrons. The molecule has 4 rings (SSSR count). The van der Waals surface area contributed by atoms with Crippen LogP contribution in [0.25, 0.3) is 0 Å². The van der Waals surface area contributed by atoms with Gasteiger partial charge in [0.1, 0.15) is 31.2 Å². The second-order valence-corrected chi connectivity index (χ2v) is 5.44. The van der Waals surface area contributed by atoms with E-state index in [9.17, 15) is 0 Å². The first-order chi connectivity index (χ1) is 10.9. The molecule has 1 saturated heterocycles. The second kappa shape index (κ2) is 5.71. The first-order valence-corrected chi connectivity index (χ1v) is 7.62. The molecule has 0 unspecified atom stereocenters. The van der Waals surface area contributed by atoms with Gasteiger partial charge >= 0.3 is 0 Å². The quantitative estimate of drug-likeness (QED) is 0.940. The maximum Gasteiger partial charge on any atom is 0.163 e. The van der Waals surface area contributed by atoms with Gasteiger partial charge in [-0.3, -0.25) is 0 Å². The van der Waals surface area contributed by atoms with E-state index in [4.69, 9.17) is 9.47 Å². The molecule has 1 aromatic carbocycles. The highest BCUT2D eigenvalue weighted by atomic mass is 16.6. The summed E-state index contributed by atoms with van der Waals surface area (Å²) in [7, 11) is 0. The third-order valence-corrected chi connectivity index (χ3v) is 3.90. The molecule has 1 aromatic heterocycles. The number of ether oxygens (including phenoxy) is 2. The lowest BCUT2D eigenvalue weighted by Crippen LogP contribution is -2.19. The van der Waals surface area contributed by atoms with Crippen LogP contribution < -0.4 is 19.7 Å². The molecule has 1 N–H and O–H groups in total. The van der Waals surface area contributed by atoms with Crippen LogP contribution in [0.4, 0.5) is 17.3 Å². The van der Waals surface area contributed by atoms with Gasteiger partial charge in [0, 0.05) is 30.9 Å². The summed E-state index contributed by atoms with van der Waals surface area (Å²) in [6.45, 7) is 3.33. The average Bonchev–Trinajstić information content (AvgIpc) is 3.10. The fraction of sp³-hybridized carbons (Fsp3) is 0.375. The smallest absolute Gasteiger partial charge is 0.163 e. The fourth-order valence-electron chi connectivity index (χ4n) is 2.80. The number of aromatic nitrogens is 2. The van der Waals surface area contributed by atoms with E-state index in [1.165, 1.54) is 12.8 Å². The van der Waals surface area contributed by atoms with E-state index in [0.29, 0.717) is 13.2 Å². The van der Waals surface area contributed by atoms with Crippen molar-refractivity contribution in [3.8, 4) is 11.5 Å². The van der Waals surface area contributed by atoms with E-state index in [1.807, 2.05) is 24.3 Å². The van der Waals surface area contributed by atoms with E-state index in [1.54, 1.807) is 6.33 Å². The highest BCUT2D eigenvalue weighted by molar-refractivity contribution is 5.63. The maximum absolute atomic E-state index is 5.60. The van der Waals surface area contributed by atoms with Gasteiger partial charge in [0.2, 0.25) is 0 Å². The Hall–Kier alpha value is -2.50. The molecule has 0 saturated carbocycles. The topological polar surface area (TPSA) is 59.5 Å². The van der Waals surface area contributed by atoms with Crippen molar-refractivity contribution in [1.29, 1.82) is 0 Å². The number of benzene rings is 1. The Morgan fingerprint density at radius 1 is 0.955 bits per heavy atom. The van der Waals surface area contributed by atoms with Crippen LogP contribution >= 0.6 is 0 Å². The Morgan fingerprint density at radius 2 is 1.77 bits per heavy atom. The molecule has 0 aliphatic carbocycles. The summed E-state index contributed by atoms with van der Waals surface area (Å²) in [6, 6.07) is 7.80. The third kappa shape index (κ3) is 2.64. The SMILES string of the molecule is c1nc(Nc2ccc3c(c2)OCCO3)cc(N2CCCC2)n1. The van der Waals surface area contributed by atoms with Crippen LogP contribution in [0, 0.1) is 0 Å². The van der Waals surface area contributed by atoms with E-state index < -0.39 is 0 Å². The Balaban J connectivity index is 1.54. The van der Waals surface area contributed by atoms with Crippen LogP contribution in [0.3, 0.4) is 0 Å². The van der Waals surface area contributed by atoms with Gasteiger partial charge in [-0.25, -0.2) is 9.97 Å². The van der Waals surface area contributed by atoms with Crippen LogP contribution in [0.5, 0.6) is 11.5 Å². The molecule has 0 spiro atoms. The summed E-state index contributed by atoms with van der Waals surface area (Å²) in [5.74, 6) is 3.32. The number of anilines is 3. The average molecular weight is 298 g/mol. The number of nitrogens with zero attached hydrogens (tertiary/aromatic N) is 3. The van der Waals surface area contributed by atoms with Crippen LogP contribution in [0.1, 0.15) is 12.8 Å². The van der Waals surface area contributed by atoms with Crippen molar-refractivity contribution >= 4 is 17.3 Å². The molecule has 6 heteroatoms. The minimum absolute atomic E-state index is 0.586. The van der Waals surface area contributed by atoms with Gasteiger partial charge in [0.15, 0.2) is 11.5 Å². The van der Waals surface area contributed by atoms with Crippen LogP contribution in [0.15, 0.2) is 30.6 Å². The molecular formula is C16H18N4O2. The lowest BCUT2D eigenvalue weighted by atomic mass is 10.2. The molecule has 0 bridgehead atoms. The molecule has 0 amide bonds. The Labute approximate surface area is 129 Å². The standard InChI is InChI=1S/C16H18N4O2/c1-2-6-20(5-1)16-10-15(17-11-18-16)19-12-3-4-13-14(9-12)22-8-7-21-13/h3-4,9-11H,1-2,5-8H2,(H,17,18,19). The van der Waals surface area contributed by atoms with Crippen LogP contribution in [-0.2, 0) is 0 Å². The van der Waals surface area contributed by atoms with Crippen LogP contribution in [0.2, 0.25) is 0 Å². The molecule has 0 atom stereocenters. The summed E-state index contributed by atoms with van der Waals surface area (Å²) in [5.41, 5.74) is 0.926. The van der Waals surface area contributed by atoms with Gasteiger partial charge in [-0.05, 0) is 25.0 Å². The summed E-state index contributed by atoms with van der Waals surface area (Å²) in [5, 5.41) is 3.30. The number of fused-ring (bicyclic) bond motifs is 1. The Morgan fingerprint density at radius 3 is 2.64 bits per heavy atom. The zero-order chi connectivity index (χ0) is 14.8. The number of hydrogen-bond acceptors (Lipinski definition) is 6. The number of nitrogens with one attached hydrogen (secondary N) is 1. The largest absolute Gasteiger partial charge is 0.486 e. The molecule has 0 radical (unpaired) electrons. The van der Waals surface area contributed by atoms with Crippen molar-refractivity contribution in [2.24, 2.45) is 0 Å². The number of hydrogen-bond donors (Lipinski definition) is 1. The summed E-state index contributed by atoms with van der Waals surface area (Å²) in [4.78, 5) is 10.9. The summed E-state index contributed by atoms with van der Waals surface area (Å²) in [6.07, 6.45) is 4.07. The van der Waals surface area contributed by atoms with Gasteiger partial charge in [-0.1, -0.05) is 0 Å². The van der Waals surface area contributed by atoms with E-state index in [2.05, 4.69) is 20.2 Å². The molecule has 2 aromatic rings. The van der Waals surface area contributed by atoms with Gasteiger partial charge in [-0.15, -0.1) is 0 Å². The lowest BCUT2D eigenvalue weighted by Gasteiger charge is -2.19. The van der Waals surface area contributed by atoms with Crippen molar-refractivity contribution in [3.63, 3.8) is 0 Å². The first-order valence-electron chi connectivity index (χ1n) is 7.62. The van der Waals surface area contributed by atoms with Crippen molar-refractivity contribution in [2.75, 3.05) is 36.5 Å². The number of rotatable bonds is 3. The van der Waals surface area contributed by atoms with Crippen LogP contribution in [-0.4, -0.2) is 36.3 Å². The van der Waals surface area contributed by atoms with Gasteiger partial charge in [0.05, 0.1) is 0 Å². The molecule has 3 heterocycles. The molecule has 22 heavy (non-hydrogen) atoms. The highest BCUT2D eigenvalue weighted by Gasteiger charge is 2.15. The van der Waals surface area contributed by atoms with Gasteiger partial charge < -0.3 is 19.7 Å². The Kier molecular flexibility index (Phi) is 3.42. The van der Waals surface area contributed by atoms with E-state index >= 15 is 0 Å². The van der Waals surface area contributed by atoms with Crippen molar-refractivity contribution in [1.82, 2.24) is 9.97 Å². The lowest BCUT2D eigenvalue weighted by molar-refractivity contribution is 0.171. The molecule has 2 aliphatic heterocycles. The van der Waals surface area contributed by atoms with Gasteiger partial charge in [0.25, 0.3) is 0 Å². The molecule has 6 nitrogen and oxygen atoms in total. The zero-order valence-corrected chi connectivity index (χ0v) is 12.3. The Bertz CT molecular complexity index is 671. The third-order valence-electron chi connectivity index (χ3n) is 3.90. The van der Waals surface area contributed by atoms with E-state index in [-0.39, 0.29) is 0 Å². The predicted molar refractivity (Wildman–Crippen MR) is 84.2 cm³/mol. The molecule has 2 aliphatic rings. The normalized spacial score (nSPS) is 16.6. The summed E-state index contributed by atoms with van der Waals surface area (Å²) >= 11 is 0. The van der Waals surface area contributed by atoms with E-state index in [0.717, 1.165) is 41.9 Å². The minimum Gasteiger partial charge on any atom is -0.486 e. The van der Waals surface area contributed by atoms with Gasteiger partial charge in [-0.2, -0.15) is 0 Å². The van der Waals surface area contributed by atoms with Crippen molar-refractivity contribution < 1.29 is 9.47 Å². The van der Waals surface area contributed by atoms with Crippen molar-refractivity contribution in [2.45, 2.75) is 12.8 Å². The highest BCUT2D eigenvalue weighted by Crippen LogP contribution is 2.33. The monoisotopic (exact) mass is 298 g/mol.